The zero-order chi connectivity index (χ0) is 23.4. The van der Waals surface area contributed by atoms with E-state index in [4.69, 9.17) is 9.47 Å². The largest absolute Gasteiger partial charge is 0.486 e. The summed E-state index contributed by atoms with van der Waals surface area (Å²) in [5.41, 5.74) is 4.19. The van der Waals surface area contributed by atoms with Crippen LogP contribution in [0, 0.1) is 20.8 Å². The molecule has 2 aromatic rings. The van der Waals surface area contributed by atoms with Gasteiger partial charge in [-0.05, 0) is 62.4 Å². The SMILES string of the molecule is Cc1ccc2c(c1)OCC(C(O)CNC1CCN(CC(=O)Nc3c(C)cccc3C)CC1)O2. The fraction of sp³-hybridized carbons (Fsp3) is 0.500. The van der Waals surface area contributed by atoms with Gasteiger partial charge in [0.15, 0.2) is 17.6 Å². The van der Waals surface area contributed by atoms with Crippen molar-refractivity contribution in [3.63, 3.8) is 0 Å². The molecule has 0 saturated carbocycles. The van der Waals surface area contributed by atoms with Crippen molar-refractivity contribution >= 4 is 11.6 Å². The second-order valence-electron chi connectivity index (χ2n) is 9.26. The number of aliphatic hydroxyl groups excluding tert-OH is 1. The van der Waals surface area contributed by atoms with Gasteiger partial charge in [-0.2, -0.15) is 0 Å². The Labute approximate surface area is 196 Å². The average Bonchev–Trinajstić information content (AvgIpc) is 2.80. The van der Waals surface area contributed by atoms with Crippen molar-refractivity contribution in [3.8, 4) is 11.5 Å². The normalized spacial score (nSPS) is 19.8. The number of para-hydroxylation sites is 1. The van der Waals surface area contributed by atoms with Crippen molar-refractivity contribution < 1.29 is 19.4 Å². The van der Waals surface area contributed by atoms with Crippen LogP contribution in [0.3, 0.4) is 0 Å². The quantitative estimate of drug-likeness (QED) is 0.598. The molecule has 4 rings (SSSR count). The van der Waals surface area contributed by atoms with Crippen molar-refractivity contribution in [1.29, 1.82) is 0 Å². The third-order valence-electron chi connectivity index (χ3n) is 6.53. The topological polar surface area (TPSA) is 83.1 Å². The summed E-state index contributed by atoms with van der Waals surface area (Å²) in [5.74, 6) is 1.45. The molecule has 2 heterocycles. The standard InChI is InChI=1S/C26H35N3O4/c1-17-7-8-22-23(13-17)32-16-24(33-22)21(30)14-27-20-9-11-29(12-10-20)15-25(31)28-26-18(2)5-4-6-19(26)3/h4-8,13,20-21,24,27,30H,9-12,14-16H2,1-3H3,(H,28,31). The second-order valence-corrected chi connectivity index (χ2v) is 9.26. The molecule has 1 fully saturated rings. The third-order valence-corrected chi connectivity index (χ3v) is 6.53. The summed E-state index contributed by atoms with van der Waals surface area (Å²) in [5, 5.41) is 17.1. The Hall–Kier alpha value is -2.61. The Balaban J connectivity index is 1.17. The minimum Gasteiger partial charge on any atom is -0.486 e. The zero-order valence-electron chi connectivity index (χ0n) is 19.8. The van der Waals surface area contributed by atoms with Crippen molar-refractivity contribution in [3.05, 3.63) is 53.1 Å². The molecule has 0 bridgehead atoms. The van der Waals surface area contributed by atoms with Crippen molar-refractivity contribution in [2.75, 3.05) is 38.1 Å². The maximum Gasteiger partial charge on any atom is 0.238 e. The van der Waals surface area contributed by atoms with E-state index in [0.717, 1.165) is 54.1 Å². The van der Waals surface area contributed by atoms with Crippen LogP contribution in [-0.4, -0.2) is 66.9 Å². The van der Waals surface area contributed by atoms with Crippen LogP contribution >= 0.6 is 0 Å². The summed E-state index contributed by atoms with van der Waals surface area (Å²) in [6.07, 6.45) is 0.836. The van der Waals surface area contributed by atoms with E-state index in [9.17, 15) is 9.90 Å². The molecule has 3 N–H and O–H groups in total. The van der Waals surface area contributed by atoms with Gasteiger partial charge in [0.05, 0.1) is 6.54 Å². The van der Waals surface area contributed by atoms with Gasteiger partial charge >= 0.3 is 0 Å². The fourth-order valence-electron chi connectivity index (χ4n) is 4.49. The van der Waals surface area contributed by atoms with E-state index in [-0.39, 0.29) is 12.0 Å². The molecule has 2 atom stereocenters. The first-order valence-corrected chi connectivity index (χ1v) is 11.8. The number of ether oxygens (including phenoxy) is 2. The Kier molecular flexibility index (Phi) is 7.53. The number of amides is 1. The van der Waals surface area contributed by atoms with E-state index in [1.165, 1.54) is 0 Å². The molecule has 2 aliphatic heterocycles. The molecule has 178 valence electrons. The van der Waals surface area contributed by atoms with Gasteiger partial charge in [0, 0.05) is 31.4 Å². The molecular weight excluding hydrogens is 418 g/mol. The first kappa shape index (κ1) is 23.5. The number of aryl methyl sites for hydroxylation is 3. The van der Waals surface area contributed by atoms with Crippen LogP contribution in [0.5, 0.6) is 11.5 Å². The monoisotopic (exact) mass is 453 g/mol. The molecule has 1 saturated heterocycles. The number of rotatable bonds is 7. The smallest absolute Gasteiger partial charge is 0.238 e. The molecule has 0 spiro atoms. The number of aliphatic hydroxyl groups is 1. The van der Waals surface area contributed by atoms with Gasteiger partial charge in [-0.25, -0.2) is 0 Å². The molecule has 33 heavy (non-hydrogen) atoms. The first-order valence-electron chi connectivity index (χ1n) is 11.8. The summed E-state index contributed by atoms with van der Waals surface area (Å²) in [7, 11) is 0. The molecule has 2 aromatic carbocycles. The highest BCUT2D eigenvalue weighted by atomic mass is 16.6. The van der Waals surface area contributed by atoms with E-state index < -0.39 is 6.10 Å². The van der Waals surface area contributed by atoms with Crippen molar-refractivity contribution in [2.45, 2.75) is 51.9 Å². The lowest BCUT2D eigenvalue weighted by atomic mass is 10.0. The van der Waals surface area contributed by atoms with E-state index in [1.54, 1.807) is 0 Å². The lowest BCUT2D eigenvalue weighted by molar-refractivity contribution is -0.117. The fourth-order valence-corrected chi connectivity index (χ4v) is 4.49. The van der Waals surface area contributed by atoms with Gasteiger partial charge in [0.2, 0.25) is 5.91 Å². The number of piperidine rings is 1. The van der Waals surface area contributed by atoms with Crippen LogP contribution in [-0.2, 0) is 4.79 Å². The van der Waals surface area contributed by atoms with Crippen LogP contribution in [0.4, 0.5) is 5.69 Å². The molecular formula is C26H35N3O4. The number of likely N-dealkylation sites (tertiary alicyclic amines) is 1. The number of fused-ring (bicyclic) bond motifs is 1. The molecule has 0 radical (unpaired) electrons. The number of benzene rings is 2. The van der Waals surface area contributed by atoms with Crippen LogP contribution in [0.25, 0.3) is 0 Å². The highest BCUT2D eigenvalue weighted by Gasteiger charge is 2.29. The van der Waals surface area contributed by atoms with Crippen LogP contribution in [0.15, 0.2) is 36.4 Å². The van der Waals surface area contributed by atoms with Gasteiger partial charge < -0.3 is 25.2 Å². The molecule has 2 aliphatic rings. The van der Waals surface area contributed by atoms with Gasteiger partial charge in [-0.15, -0.1) is 0 Å². The first-order chi connectivity index (χ1) is 15.9. The number of carbonyl (C=O) groups is 1. The lowest BCUT2D eigenvalue weighted by Gasteiger charge is -2.34. The Morgan fingerprint density at radius 2 is 1.85 bits per heavy atom. The second kappa shape index (κ2) is 10.5. The summed E-state index contributed by atoms with van der Waals surface area (Å²) >= 11 is 0. The van der Waals surface area contributed by atoms with Crippen LogP contribution in [0.2, 0.25) is 0 Å². The van der Waals surface area contributed by atoms with E-state index in [0.29, 0.717) is 31.5 Å². The van der Waals surface area contributed by atoms with Gasteiger partial charge in [-0.3, -0.25) is 9.69 Å². The Morgan fingerprint density at radius 3 is 2.58 bits per heavy atom. The lowest BCUT2D eigenvalue weighted by Crippen LogP contribution is -2.50. The third kappa shape index (κ3) is 6.05. The molecule has 0 aliphatic carbocycles. The van der Waals surface area contributed by atoms with Crippen molar-refractivity contribution in [2.24, 2.45) is 0 Å². The molecule has 1 amide bonds. The van der Waals surface area contributed by atoms with E-state index >= 15 is 0 Å². The molecule has 7 heteroatoms. The Bertz CT molecular complexity index is 952. The zero-order valence-corrected chi connectivity index (χ0v) is 19.8. The summed E-state index contributed by atoms with van der Waals surface area (Å²) in [4.78, 5) is 14.7. The number of carbonyl (C=O) groups excluding carboxylic acids is 1. The van der Waals surface area contributed by atoms with Gasteiger partial charge in [0.25, 0.3) is 0 Å². The highest BCUT2D eigenvalue weighted by Crippen LogP contribution is 2.33. The minimum atomic E-state index is -0.652. The number of nitrogens with zero attached hydrogens (tertiary/aromatic N) is 1. The minimum absolute atomic E-state index is 0.0270. The number of anilines is 1. The molecule has 7 nitrogen and oxygen atoms in total. The summed E-state index contributed by atoms with van der Waals surface area (Å²) in [6.45, 7) is 8.93. The van der Waals surface area contributed by atoms with Crippen LogP contribution < -0.4 is 20.1 Å². The summed E-state index contributed by atoms with van der Waals surface area (Å²) < 4.78 is 11.7. The predicted octanol–water partition coefficient (Wildman–Crippen LogP) is 2.81. The van der Waals surface area contributed by atoms with Crippen LogP contribution in [0.1, 0.15) is 29.5 Å². The van der Waals surface area contributed by atoms with E-state index in [1.807, 2.05) is 57.2 Å². The predicted molar refractivity (Wildman–Crippen MR) is 129 cm³/mol. The Morgan fingerprint density at radius 1 is 1.12 bits per heavy atom. The van der Waals surface area contributed by atoms with Gasteiger partial charge in [-0.1, -0.05) is 24.3 Å². The number of nitrogens with one attached hydrogen (secondary N) is 2. The van der Waals surface area contributed by atoms with Gasteiger partial charge in [0.1, 0.15) is 12.7 Å². The number of hydrogen-bond acceptors (Lipinski definition) is 6. The maximum absolute atomic E-state index is 12.5. The summed E-state index contributed by atoms with van der Waals surface area (Å²) in [6, 6.07) is 12.2. The maximum atomic E-state index is 12.5. The van der Waals surface area contributed by atoms with E-state index in [2.05, 4.69) is 15.5 Å². The average molecular weight is 454 g/mol. The van der Waals surface area contributed by atoms with Crippen molar-refractivity contribution in [1.82, 2.24) is 10.2 Å². The molecule has 0 aromatic heterocycles. The molecule has 2 unspecified atom stereocenters. The highest BCUT2D eigenvalue weighted by molar-refractivity contribution is 5.93. The number of hydrogen-bond donors (Lipinski definition) is 3.